The van der Waals surface area contributed by atoms with Crippen LogP contribution in [0.1, 0.15) is 19.3 Å². The fraction of sp³-hybridized carbons (Fsp3) is 0.667. The fourth-order valence-corrected chi connectivity index (χ4v) is 2.55. The van der Waals surface area contributed by atoms with Crippen LogP contribution in [0.5, 0.6) is 0 Å². The van der Waals surface area contributed by atoms with Crippen molar-refractivity contribution >= 4 is 17.7 Å². The van der Waals surface area contributed by atoms with Gasteiger partial charge in [-0.25, -0.2) is 4.79 Å². The number of carbonyl (C=O) groups is 1. The largest absolute Gasteiger partial charge is 0.478 e. The predicted octanol–water partition coefficient (Wildman–Crippen LogP) is 1.46. The molecule has 4 heteroatoms. The van der Waals surface area contributed by atoms with Crippen LogP contribution in [-0.2, 0) is 4.79 Å². The highest BCUT2D eigenvalue weighted by Crippen LogP contribution is 2.24. The Bertz CT molecular complexity index is 188. The van der Waals surface area contributed by atoms with Gasteiger partial charge in [-0.15, -0.1) is 0 Å². The molecule has 1 aliphatic rings. The van der Waals surface area contributed by atoms with Gasteiger partial charge in [0.2, 0.25) is 0 Å². The molecule has 0 amide bonds. The molecule has 1 saturated heterocycles. The lowest BCUT2D eigenvalue weighted by Crippen LogP contribution is -2.23. The summed E-state index contributed by atoms with van der Waals surface area (Å²) in [5, 5.41) is 12.0. The Morgan fingerprint density at radius 1 is 1.62 bits per heavy atom. The normalized spacial score (nSPS) is 23.2. The molecule has 2 N–H and O–H groups in total. The van der Waals surface area contributed by atoms with Crippen LogP contribution in [0.2, 0.25) is 0 Å². The van der Waals surface area contributed by atoms with Crippen LogP contribution >= 0.6 is 11.8 Å². The molecular weight excluding hydrogens is 186 g/mol. The predicted molar refractivity (Wildman–Crippen MR) is 54.9 cm³/mol. The van der Waals surface area contributed by atoms with E-state index in [1.165, 1.54) is 31.2 Å². The first kappa shape index (κ1) is 10.4. The molecule has 0 aromatic carbocycles. The van der Waals surface area contributed by atoms with Gasteiger partial charge in [0.1, 0.15) is 0 Å². The summed E-state index contributed by atoms with van der Waals surface area (Å²) in [6.07, 6.45) is 6.53. The number of hydrogen-bond acceptors (Lipinski definition) is 3. The molecule has 74 valence electrons. The maximum absolute atomic E-state index is 10.1. The number of carboxylic acid groups (broad SMARTS) is 1. The molecule has 1 unspecified atom stereocenters. The van der Waals surface area contributed by atoms with Crippen molar-refractivity contribution < 1.29 is 9.90 Å². The van der Waals surface area contributed by atoms with Crippen molar-refractivity contribution in [2.75, 3.05) is 12.3 Å². The highest BCUT2D eigenvalue weighted by atomic mass is 32.2. The van der Waals surface area contributed by atoms with Gasteiger partial charge in [0.15, 0.2) is 0 Å². The molecule has 1 fully saturated rings. The van der Waals surface area contributed by atoms with Crippen molar-refractivity contribution in [2.45, 2.75) is 24.5 Å². The zero-order valence-electron chi connectivity index (χ0n) is 7.53. The maximum atomic E-state index is 10.1. The van der Waals surface area contributed by atoms with Crippen molar-refractivity contribution in [3.05, 3.63) is 12.3 Å². The van der Waals surface area contributed by atoms with Crippen molar-refractivity contribution in [1.82, 2.24) is 5.32 Å². The van der Waals surface area contributed by atoms with Crippen LogP contribution in [0.15, 0.2) is 12.3 Å². The first-order valence-electron chi connectivity index (χ1n) is 4.53. The van der Waals surface area contributed by atoms with Crippen LogP contribution < -0.4 is 5.32 Å². The average Bonchev–Trinajstić information content (AvgIpc) is 2.14. The molecule has 0 radical (unpaired) electrons. The molecule has 0 aromatic rings. The third-order valence-corrected chi connectivity index (χ3v) is 3.36. The smallest absolute Gasteiger partial charge is 0.329 e. The Labute approximate surface area is 82.6 Å². The minimum atomic E-state index is -0.899. The summed E-state index contributed by atoms with van der Waals surface area (Å²) in [5.74, 6) is 0.346. The van der Waals surface area contributed by atoms with E-state index in [9.17, 15) is 4.79 Å². The van der Waals surface area contributed by atoms with Gasteiger partial charge in [-0.3, -0.25) is 0 Å². The monoisotopic (exact) mass is 201 g/mol. The average molecular weight is 201 g/mol. The molecular formula is C9H15NO2S. The van der Waals surface area contributed by atoms with E-state index in [0.29, 0.717) is 5.25 Å². The first-order valence-corrected chi connectivity index (χ1v) is 5.58. The quantitative estimate of drug-likeness (QED) is 0.676. The number of aliphatic carboxylic acids is 1. The van der Waals surface area contributed by atoms with Gasteiger partial charge in [-0.1, -0.05) is 6.42 Å². The van der Waals surface area contributed by atoms with E-state index in [4.69, 9.17) is 5.11 Å². The zero-order valence-corrected chi connectivity index (χ0v) is 8.35. The topological polar surface area (TPSA) is 49.3 Å². The lowest BCUT2D eigenvalue weighted by molar-refractivity contribution is -0.131. The Morgan fingerprint density at radius 2 is 2.46 bits per heavy atom. The molecule has 1 heterocycles. The van der Waals surface area contributed by atoms with E-state index in [2.05, 4.69) is 5.32 Å². The summed E-state index contributed by atoms with van der Waals surface area (Å²) >= 11 is 1.98. The molecule has 1 rings (SSSR count). The molecule has 1 aliphatic heterocycles. The highest BCUT2D eigenvalue weighted by molar-refractivity contribution is 7.99. The number of carboxylic acids is 1. The number of hydrogen-bond donors (Lipinski definition) is 2. The van der Waals surface area contributed by atoms with Crippen LogP contribution in [-0.4, -0.2) is 28.6 Å². The fourth-order valence-electron chi connectivity index (χ4n) is 1.30. The first-order chi connectivity index (χ1) is 6.29. The van der Waals surface area contributed by atoms with Gasteiger partial charge in [-0.2, -0.15) is 11.8 Å². The summed E-state index contributed by atoms with van der Waals surface area (Å²) in [4.78, 5) is 10.1. The van der Waals surface area contributed by atoms with E-state index in [-0.39, 0.29) is 0 Å². The molecule has 3 nitrogen and oxygen atoms in total. The van der Waals surface area contributed by atoms with E-state index in [1.807, 2.05) is 11.8 Å². The second-order valence-corrected chi connectivity index (χ2v) is 4.48. The Balaban J connectivity index is 2.07. The molecule has 0 aliphatic carbocycles. The molecule has 13 heavy (non-hydrogen) atoms. The zero-order chi connectivity index (χ0) is 9.52. The van der Waals surface area contributed by atoms with Gasteiger partial charge < -0.3 is 10.4 Å². The molecule has 0 bridgehead atoms. The van der Waals surface area contributed by atoms with Crippen molar-refractivity contribution in [3.8, 4) is 0 Å². The minimum absolute atomic E-state index is 0.659. The van der Waals surface area contributed by atoms with E-state index >= 15 is 0 Å². The van der Waals surface area contributed by atoms with Crippen LogP contribution in [0.3, 0.4) is 0 Å². The summed E-state index contributed by atoms with van der Waals surface area (Å²) in [7, 11) is 0. The maximum Gasteiger partial charge on any atom is 0.329 e. The number of nitrogens with one attached hydrogen (secondary N) is 1. The van der Waals surface area contributed by atoms with E-state index < -0.39 is 5.97 Å². The number of thioether (sulfide) groups is 1. The second kappa shape index (κ2) is 5.91. The Hall–Kier alpha value is -0.640. The van der Waals surface area contributed by atoms with Crippen molar-refractivity contribution in [2.24, 2.45) is 0 Å². The van der Waals surface area contributed by atoms with Gasteiger partial charge in [0, 0.05) is 24.1 Å². The molecule has 1 atom stereocenters. The lowest BCUT2D eigenvalue weighted by atomic mass is 10.2. The third-order valence-electron chi connectivity index (χ3n) is 1.96. The van der Waals surface area contributed by atoms with Gasteiger partial charge in [-0.05, 0) is 18.6 Å². The summed E-state index contributed by atoms with van der Waals surface area (Å²) in [6.45, 7) is 0.883. The van der Waals surface area contributed by atoms with Gasteiger partial charge in [0.25, 0.3) is 0 Å². The standard InChI is InChI=1S/C9H15NO2S/c11-9(12)4-5-10-7-8-3-1-2-6-13-8/h4-5,8,10H,1-3,6-7H2,(H,11,12)/b5-4+. The summed E-state index contributed by atoms with van der Waals surface area (Å²) < 4.78 is 0. The van der Waals surface area contributed by atoms with Gasteiger partial charge >= 0.3 is 5.97 Å². The van der Waals surface area contributed by atoms with E-state index in [1.54, 1.807) is 0 Å². The van der Waals surface area contributed by atoms with E-state index in [0.717, 1.165) is 12.6 Å². The van der Waals surface area contributed by atoms with Crippen molar-refractivity contribution in [1.29, 1.82) is 0 Å². The molecule has 0 spiro atoms. The minimum Gasteiger partial charge on any atom is -0.478 e. The second-order valence-electron chi connectivity index (χ2n) is 3.07. The Kier molecular flexibility index (Phi) is 4.75. The van der Waals surface area contributed by atoms with Crippen LogP contribution in [0, 0.1) is 0 Å². The highest BCUT2D eigenvalue weighted by Gasteiger charge is 2.12. The summed E-state index contributed by atoms with van der Waals surface area (Å²) in [5.41, 5.74) is 0. The van der Waals surface area contributed by atoms with Crippen molar-refractivity contribution in [3.63, 3.8) is 0 Å². The third kappa shape index (κ3) is 4.83. The Morgan fingerprint density at radius 3 is 3.08 bits per heavy atom. The summed E-state index contributed by atoms with van der Waals surface area (Å²) in [6, 6.07) is 0. The molecule has 0 saturated carbocycles. The van der Waals surface area contributed by atoms with Crippen LogP contribution in [0.25, 0.3) is 0 Å². The van der Waals surface area contributed by atoms with Crippen LogP contribution in [0.4, 0.5) is 0 Å². The lowest BCUT2D eigenvalue weighted by Gasteiger charge is -2.20. The SMILES string of the molecule is O=C(O)/C=C/NCC1CCCCS1. The number of rotatable bonds is 4. The van der Waals surface area contributed by atoms with Gasteiger partial charge in [0.05, 0.1) is 0 Å². The molecule has 0 aromatic heterocycles.